The minimum absolute atomic E-state index is 0. The highest BCUT2D eigenvalue weighted by Gasteiger charge is 1.89. The summed E-state index contributed by atoms with van der Waals surface area (Å²) in [6.45, 7) is 4.24. The van der Waals surface area contributed by atoms with Crippen LogP contribution in [0.25, 0.3) is 0 Å². The topological polar surface area (TPSA) is 24.9 Å². The minimum Gasteiger partial charge on any atom is -0.313 e. The first kappa shape index (κ1) is 16.1. The minimum atomic E-state index is 0. The van der Waals surface area contributed by atoms with Crippen LogP contribution in [0.15, 0.2) is 24.5 Å². The summed E-state index contributed by atoms with van der Waals surface area (Å²) in [7, 11) is 0. The van der Waals surface area contributed by atoms with Crippen molar-refractivity contribution in [1.82, 2.24) is 10.3 Å². The van der Waals surface area contributed by atoms with Crippen molar-refractivity contribution >= 4 is 24.8 Å². The quantitative estimate of drug-likeness (QED) is 0.796. The van der Waals surface area contributed by atoms with Gasteiger partial charge in [-0.15, -0.1) is 24.8 Å². The average molecular weight is 237 g/mol. The molecule has 0 aliphatic heterocycles. The first-order valence-corrected chi connectivity index (χ1v) is 4.53. The molecule has 82 valence electrons. The molecule has 0 saturated carbocycles. The number of pyridine rings is 1. The average Bonchev–Trinajstić information content (AvgIpc) is 2.14. The zero-order valence-electron chi connectivity index (χ0n) is 8.40. The molecule has 0 aliphatic carbocycles. The van der Waals surface area contributed by atoms with Gasteiger partial charge in [0.15, 0.2) is 0 Å². The second-order valence-electron chi connectivity index (χ2n) is 2.89. The van der Waals surface area contributed by atoms with E-state index in [0.717, 1.165) is 13.1 Å². The second-order valence-corrected chi connectivity index (χ2v) is 2.89. The van der Waals surface area contributed by atoms with Crippen molar-refractivity contribution in [3.8, 4) is 0 Å². The molecule has 1 aromatic heterocycles. The number of unbranched alkanes of at least 4 members (excludes halogenated alkanes) is 1. The third-order valence-electron chi connectivity index (χ3n) is 1.76. The number of aromatic nitrogens is 1. The third kappa shape index (κ3) is 7.13. The van der Waals surface area contributed by atoms with E-state index in [0.29, 0.717) is 0 Å². The van der Waals surface area contributed by atoms with Crippen molar-refractivity contribution in [2.75, 3.05) is 6.54 Å². The molecule has 0 unspecified atom stereocenters. The molecule has 0 spiro atoms. The summed E-state index contributed by atoms with van der Waals surface area (Å²) in [6.07, 6.45) is 6.20. The summed E-state index contributed by atoms with van der Waals surface area (Å²) in [5, 5.41) is 3.36. The number of rotatable bonds is 5. The van der Waals surface area contributed by atoms with E-state index in [1.54, 1.807) is 6.20 Å². The van der Waals surface area contributed by atoms with Gasteiger partial charge in [-0.05, 0) is 24.6 Å². The Kier molecular flexibility index (Phi) is 12.4. The predicted octanol–water partition coefficient (Wildman–Crippen LogP) is 2.81. The Balaban J connectivity index is 0. The maximum atomic E-state index is 4.04. The monoisotopic (exact) mass is 236 g/mol. The fourth-order valence-electron chi connectivity index (χ4n) is 1.04. The summed E-state index contributed by atoms with van der Waals surface area (Å²) in [5.41, 5.74) is 1.26. The maximum Gasteiger partial charge on any atom is 0.0312 e. The van der Waals surface area contributed by atoms with E-state index in [-0.39, 0.29) is 24.8 Å². The molecule has 0 fully saturated rings. The standard InChI is InChI=1S/C10H16N2.2ClH/c1-2-3-6-11-8-10-5-4-7-12-9-10;;/h4-5,7,9,11H,2-3,6,8H2,1H3;2*1H. The summed E-state index contributed by atoms with van der Waals surface area (Å²) in [4.78, 5) is 4.04. The van der Waals surface area contributed by atoms with Gasteiger partial charge in [0.1, 0.15) is 0 Å². The van der Waals surface area contributed by atoms with Crippen molar-refractivity contribution in [2.24, 2.45) is 0 Å². The Morgan fingerprint density at radius 2 is 2.14 bits per heavy atom. The van der Waals surface area contributed by atoms with Crippen LogP contribution in [0.1, 0.15) is 25.3 Å². The van der Waals surface area contributed by atoms with Gasteiger partial charge in [0.2, 0.25) is 0 Å². The molecule has 0 saturated heterocycles. The molecule has 0 atom stereocenters. The molecule has 14 heavy (non-hydrogen) atoms. The molecule has 0 amide bonds. The molecule has 4 heteroatoms. The van der Waals surface area contributed by atoms with E-state index >= 15 is 0 Å². The lowest BCUT2D eigenvalue weighted by molar-refractivity contribution is 0.640. The van der Waals surface area contributed by atoms with E-state index in [1.165, 1.54) is 18.4 Å². The third-order valence-corrected chi connectivity index (χ3v) is 1.76. The summed E-state index contributed by atoms with van der Waals surface area (Å²) in [6, 6.07) is 4.06. The number of halogens is 2. The van der Waals surface area contributed by atoms with Crippen molar-refractivity contribution in [2.45, 2.75) is 26.3 Å². The molecule has 1 aromatic rings. The molecular weight excluding hydrogens is 219 g/mol. The van der Waals surface area contributed by atoms with Crippen molar-refractivity contribution < 1.29 is 0 Å². The van der Waals surface area contributed by atoms with E-state index in [2.05, 4.69) is 23.3 Å². The van der Waals surface area contributed by atoms with Gasteiger partial charge in [0.25, 0.3) is 0 Å². The lowest BCUT2D eigenvalue weighted by Gasteiger charge is -2.02. The molecule has 1 rings (SSSR count). The Labute approximate surface area is 98.3 Å². The fourth-order valence-corrected chi connectivity index (χ4v) is 1.04. The van der Waals surface area contributed by atoms with Crippen molar-refractivity contribution in [1.29, 1.82) is 0 Å². The molecule has 2 nitrogen and oxygen atoms in total. The van der Waals surface area contributed by atoms with Crippen LogP contribution in [0.3, 0.4) is 0 Å². The van der Waals surface area contributed by atoms with Crippen LogP contribution in [0, 0.1) is 0 Å². The number of hydrogen-bond acceptors (Lipinski definition) is 2. The number of nitrogens with one attached hydrogen (secondary N) is 1. The van der Waals surface area contributed by atoms with Crippen LogP contribution in [-0.4, -0.2) is 11.5 Å². The van der Waals surface area contributed by atoms with Crippen LogP contribution in [-0.2, 0) is 6.54 Å². The molecule has 1 heterocycles. The predicted molar refractivity (Wildman–Crippen MR) is 65.3 cm³/mol. The van der Waals surface area contributed by atoms with E-state index in [4.69, 9.17) is 0 Å². The summed E-state index contributed by atoms with van der Waals surface area (Å²) < 4.78 is 0. The van der Waals surface area contributed by atoms with Gasteiger partial charge in [0, 0.05) is 18.9 Å². The van der Waals surface area contributed by atoms with Crippen LogP contribution >= 0.6 is 24.8 Å². The molecule has 0 radical (unpaired) electrons. The molecule has 0 bridgehead atoms. The van der Waals surface area contributed by atoms with Gasteiger partial charge < -0.3 is 5.32 Å². The molecule has 0 aliphatic rings. The highest BCUT2D eigenvalue weighted by Crippen LogP contribution is 1.94. The van der Waals surface area contributed by atoms with Gasteiger partial charge in [-0.3, -0.25) is 4.98 Å². The fraction of sp³-hybridized carbons (Fsp3) is 0.500. The van der Waals surface area contributed by atoms with Gasteiger partial charge in [-0.2, -0.15) is 0 Å². The van der Waals surface area contributed by atoms with E-state index < -0.39 is 0 Å². The number of hydrogen-bond donors (Lipinski definition) is 1. The number of nitrogens with zero attached hydrogens (tertiary/aromatic N) is 1. The highest BCUT2D eigenvalue weighted by molar-refractivity contribution is 5.85. The van der Waals surface area contributed by atoms with Crippen LogP contribution in [0.5, 0.6) is 0 Å². The van der Waals surface area contributed by atoms with E-state index in [1.807, 2.05) is 12.3 Å². The summed E-state index contributed by atoms with van der Waals surface area (Å²) >= 11 is 0. The SMILES string of the molecule is CCCCNCc1cccnc1.Cl.Cl. The zero-order valence-corrected chi connectivity index (χ0v) is 10.0. The van der Waals surface area contributed by atoms with Crippen LogP contribution < -0.4 is 5.32 Å². The maximum absolute atomic E-state index is 4.04. The van der Waals surface area contributed by atoms with Crippen LogP contribution in [0.2, 0.25) is 0 Å². The summed E-state index contributed by atoms with van der Waals surface area (Å²) in [5.74, 6) is 0. The highest BCUT2D eigenvalue weighted by atomic mass is 35.5. The zero-order chi connectivity index (χ0) is 8.65. The Hall–Kier alpha value is -0.310. The Morgan fingerprint density at radius 1 is 1.36 bits per heavy atom. The molecule has 1 N–H and O–H groups in total. The first-order chi connectivity index (χ1) is 5.93. The van der Waals surface area contributed by atoms with Crippen LogP contribution in [0.4, 0.5) is 0 Å². The van der Waals surface area contributed by atoms with Crippen molar-refractivity contribution in [3.63, 3.8) is 0 Å². The Morgan fingerprint density at radius 3 is 2.71 bits per heavy atom. The normalized spacial score (nSPS) is 8.64. The molecular formula is C10H18Cl2N2. The lowest BCUT2D eigenvalue weighted by atomic mass is 10.3. The van der Waals surface area contributed by atoms with Crippen molar-refractivity contribution in [3.05, 3.63) is 30.1 Å². The smallest absolute Gasteiger partial charge is 0.0312 e. The van der Waals surface area contributed by atoms with Gasteiger partial charge in [0.05, 0.1) is 0 Å². The lowest BCUT2D eigenvalue weighted by Crippen LogP contribution is -2.14. The molecule has 0 aromatic carbocycles. The van der Waals surface area contributed by atoms with Gasteiger partial charge in [-0.25, -0.2) is 0 Å². The first-order valence-electron chi connectivity index (χ1n) is 4.53. The largest absolute Gasteiger partial charge is 0.313 e. The van der Waals surface area contributed by atoms with E-state index in [9.17, 15) is 0 Å². The Bertz CT molecular complexity index is 205. The van der Waals surface area contributed by atoms with Gasteiger partial charge >= 0.3 is 0 Å². The van der Waals surface area contributed by atoms with Gasteiger partial charge in [-0.1, -0.05) is 19.4 Å². The second kappa shape index (κ2) is 10.8.